The lowest BCUT2D eigenvalue weighted by atomic mass is 9.94. The molecule has 1 aromatic rings. The first-order valence-corrected chi connectivity index (χ1v) is 7.62. The lowest BCUT2D eigenvalue weighted by Gasteiger charge is -2.32. The summed E-state index contributed by atoms with van der Waals surface area (Å²) in [5, 5.41) is 0. The van der Waals surface area contributed by atoms with E-state index in [0.29, 0.717) is 17.7 Å². The summed E-state index contributed by atoms with van der Waals surface area (Å²) in [7, 11) is 0. The van der Waals surface area contributed by atoms with E-state index < -0.39 is 0 Å². The van der Waals surface area contributed by atoms with Crippen LogP contribution >= 0.6 is 0 Å². The van der Waals surface area contributed by atoms with Crippen LogP contribution in [0.2, 0.25) is 0 Å². The molecule has 2 heterocycles. The summed E-state index contributed by atoms with van der Waals surface area (Å²) < 4.78 is 1.78. The molecule has 0 aliphatic carbocycles. The highest BCUT2D eigenvalue weighted by Crippen LogP contribution is 2.21. The predicted molar refractivity (Wildman–Crippen MR) is 81.9 cm³/mol. The molecular weight excluding hydrogens is 252 g/mol. The summed E-state index contributed by atoms with van der Waals surface area (Å²) >= 11 is 0. The SMILES string of the molecule is CC(C)Cn1ccnc(N2CCC(CCN)CC2)c1=O. The van der Waals surface area contributed by atoms with Crippen LogP contribution in [0.4, 0.5) is 5.82 Å². The number of rotatable bonds is 5. The molecule has 1 saturated heterocycles. The minimum Gasteiger partial charge on any atom is -0.352 e. The molecule has 1 fully saturated rings. The zero-order valence-corrected chi connectivity index (χ0v) is 12.6. The van der Waals surface area contributed by atoms with Crippen molar-refractivity contribution in [2.24, 2.45) is 17.6 Å². The Kier molecular flexibility index (Phi) is 5.17. The van der Waals surface area contributed by atoms with Gasteiger partial charge < -0.3 is 15.2 Å². The Morgan fingerprint density at radius 1 is 1.40 bits per heavy atom. The van der Waals surface area contributed by atoms with Crippen molar-refractivity contribution >= 4 is 5.82 Å². The van der Waals surface area contributed by atoms with Gasteiger partial charge in [-0.15, -0.1) is 0 Å². The van der Waals surface area contributed by atoms with E-state index in [9.17, 15) is 4.79 Å². The second-order valence-electron chi connectivity index (χ2n) is 6.11. The zero-order valence-electron chi connectivity index (χ0n) is 12.6. The van der Waals surface area contributed by atoms with Gasteiger partial charge in [-0.3, -0.25) is 4.79 Å². The van der Waals surface area contributed by atoms with Crippen molar-refractivity contribution in [1.82, 2.24) is 9.55 Å². The predicted octanol–water partition coefficient (Wildman–Crippen LogP) is 1.46. The molecule has 0 radical (unpaired) electrons. The molecule has 0 spiro atoms. The normalized spacial score (nSPS) is 16.9. The summed E-state index contributed by atoms with van der Waals surface area (Å²) in [6.07, 6.45) is 6.83. The number of anilines is 1. The van der Waals surface area contributed by atoms with Crippen molar-refractivity contribution in [3.8, 4) is 0 Å². The molecule has 1 aromatic heterocycles. The topological polar surface area (TPSA) is 64.2 Å². The standard InChI is InChI=1S/C15H26N4O/c1-12(2)11-19-10-7-17-14(15(19)20)18-8-4-13(3-6-16)5-9-18/h7,10,12-13H,3-6,8-9,11,16H2,1-2H3. The summed E-state index contributed by atoms with van der Waals surface area (Å²) in [5.74, 6) is 1.77. The minimum atomic E-state index is 0.0403. The monoisotopic (exact) mass is 278 g/mol. The maximum Gasteiger partial charge on any atom is 0.293 e. The van der Waals surface area contributed by atoms with Gasteiger partial charge in [-0.1, -0.05) is 13.8 Å². The van der Waals surface area contributed by atoms with E-state index in [1.807, 2.05) is 0 Å². The van der Waals surface area contributed by atoms with Crippen molar-refractivity contribution < 1.29 is 0 Å². The van der Waals surface area contributed by atoms with Crippen LogP contribution < -0.4 is 16.2 Å². The second-order valence-corrected chi connectivity index (χ2v) is 6.11. The van der Waals surface area contributed by atoms with E-state index in [2.05, 4.69) is 23.7 Å². The molecule has 112 valence electrons. The summed E-state index contributed by atoms with van der Waals surface area (Å²) in [4.78, 5) is 18.9. The smallest absolute Gasteiger partial charge is 0.293 e. The molecule has 5 heteroatoms. The van der Waals surface area contributed by atoms with Gasteiger partial charge in [0.2, 0.25) is 0 Å². The number of hydrogen-bond donors (Lipinski definition) is 1. The molecule has 0 unspecified atom stereocenters. The number of aromatic nitrogens is 2. The molecule has 0 bridgehead atoms. The van der Waals surface area contributed by atoms with Crippen molar-refractivity contribution in [1.29, 1.82) is 0 Å². The van der Waals surface area contributed by atoms with Crippen LogP contribution in [0.3, 0.4) is 0 Å². The first kappa shape index (κ1) is 15.0. The van der Waals surface area contributed by atoms with Crippen LogP contribution in [0.25, 0.3) is 0 Å². The number of piperidine rings is 1. The van der Waals surface area contributed by atoms with Crippen LogP contribution in [-0.4, -0.2) is 29.2 Å². The first-order chi connectivity index (χ1) is 9.61. The van der Waals surface area contributed by atoms with E-state index in [1.54, 1.807) is 17.0 Å². The average Bonchev–Trinajstić information content (AvgIpc) is 2.42. The van der Waals surface area contributed by atoms with E-state index >= 15 is 0 Å². The molecular formula is C15H26N4O. The molecule has 20 heavy (non-hydrogen) atoms. The fourth-order valence-corrected chi connectivity index (χ4v) is 2.86. The van der Waals surface area contributed by atoms with Crippen molar-refractivity contribution in [3.05, 3.63) is 22.7 Å². The molecule has 0 saturated carbocycles. The van der Waals surface area contributed by atoms with E-state index in [0.717, 1.165) is 45.4 Å². The Bertz CT molecular complexity index is 475. The first-order valence-electron chi connectivity index (χ1n) is 7.62. The third-order valence-electron chi connectivity index (χ3n) is 3.95. The highest BCUT2D eigenvalue weighted by atomic mass is 16.1. The second kappa shape index (κ2) is 6.88. The molecule has 2 rings (SSSR count). The molecule has 1 aliphatic rings. The number of hydrogen-bond acceptors (Lipinski definition) is 4. The molecule has 1 aliphatic heterocycles. The Labute approximate surface area is 120 Å². The number of nitrogens with two attached hydrogens (primary N) is 1. The van der Waals surface area contributed by atoms with Crippen LogP contribution in [0.1, 0.15) is 33.1 Å². The van der Waals surface area contributed by atoms with E-state index in [1.165, 1.54) is 0 Å². The quantitative estimate of drug-likeness (QED) is 0.885. The van der Waals surface area contributed by atoms with Gasteiger partial charge in [0, 0.05) is 32.0 Å². The van der Waals surface area contributed by atoms with Crippen molar-refractivity contribution in [2.75, 3.05) is 24.5 Å². The highest BCUT2D eigenvalue weighted by Gasteiger charge is 2.21. The molecule has 0 aromatic carbocycles. The Morgan fingerprint density at radius 2 is 2.10 bits per heavy atom. The van der Waals surface area contributed by atoms with Crippen LogP contribution in [-0.2, 0) is 6.54 Å². The fourth-order valence-electron chi connectivity index (χ4n) is 2.86. The van der Waals surface area contributed by atoms with E-state index in [4.69, 9.17) is 5.73 Å². The Morgan fingerprint density at radius 3 is 2.70 bits per heavy atom. The van der Waals surface area contributed by atoms with Gasteiger partial charge in [-0.05, 0) is 37.6 Å². The van der Waals surface area contributed by atoms with Gasteiger partial charge in [0.05, 0.1) is 0 Å². The largest absolute Gasteiger partial charge is 0.352 e. The zero-order chi connectivity index (χ0) is 14.5. The third-order valence-corrected chi connectivity index (χ3v) is 3.95. The van der Waals surface area contributed by atoms with Gasteiger partial charge in [-0.2, -0.15) is 0 Å². The van der Waals surface area contributed by atoms with E-state index in [-0.39, 0.29) is 5.56 Å². The lowest BCUT2D eigenvalue weighted by molar-refractivity contribution is 0.383. The molecule has 5 nitrogen and oxygen atoms in total. The van der Waals surface area contributed by atoms with Crippen LogP contribution in [0, 0.1) is 11.8 Å². The van der Waals surface area contributed by atoms with Crippen molar-refractivity contribution in [3.63, 3.8) is 0 Å². The van der Waals surface area contributed by atoms with Crippen molar-refractivity contribution in [2.45, 2.75) is 39.7 Å². The summed E-state index contributed by atoms with van der Waals surface area (Å²) in [6, 6.07) is 0. The van der Waals surface area contributed by atoms with Crippen LogP contribution in [0.15, 0.2) is 17.2 Å². The lowest BCUT2D eigenvalue weighted by Crippen LogP contribution is -2.39. The average molecular weight is 278 g/mol. The number of nitrogens with zero attached hydrogens (tertiary/aromatic N) is 3. The van der Waals surface area contributed by atoms with Gasteiger partial charge in [0.15, 0.2) is 5.82 Å². The minimum absolute atomic E-state index is 0.0403. The van der Waals surface area contributed by atoms with Gasteiger partial charge in [0.25, 0.3) is 5.56 Å². The summed E-state index contributed by atoms with van der Waals surface area (Å²) in [6.45, 7) is 7.57. The molecule has 0 atom stereocenters. The third kappa shape index (κ3) is 3.60. The van der Waals surface area contributed by atoms with Gasteiger partial charge in [0.1, 0.15) is 0 Å². The van der Waals surface area contributed by atoms with Crippen LogP contribution in [0.5, 0.6) is 0 Å². The highest BCUT2D eigenvalue weighted by molar-refractivity contribution is 5.36. The maximum atomic E-state index is 12.4. The molecule has 2 N–H and O–H groups in total. The summed E-state index contributed by atoms with van der Waals surface area (Å²) in [5.41, 5.74) is 5.66. The van der Waals surface area contributed by atoms with Gasteiger partial charge in [-0.25, -0.2) is 4.98 Å². The molecule has 0 amide bonds. The Balaban J connectivity index is 2.08. The fraction of sp³-hybridized carbons (Fsp3) is 0.733. The van der Waals surface area contributed by atoms with Gasteiger partial charge >= 0.3 is 0 Å². The maximum absolute atomic E-state index is 12.4. The Hall–Kier alpha value is -1.36.